The molecule has 0 aliphatic carbocycles. The Morgan fingerprint density at radius 2 is 2.19 bits per heavy atom. The lowest BCUT2D eigenvalue weighted by molar-refractivity contribution is -0.137. The number of rotatable bonds is 6. The zero-order valence-electron chi connectivity index (χ0n) is 14.1. The van der Waals surface area contributed by atoms with Gasteiger partial charge in [0.25, 0.3) is 0 Å². The van der Waals surface area contributed by atoms with Crippen LogP contribution in [0, 0.1) is 0 Å². The largest absolute Gasteiger partial charge is 0.480 e. The second-order valence-electron chi connectivity index (χ2n) is 6.11. The van der Waals surface area contributed by atoms with E-state index in [1.54, 1.807) is 11.0 Å². The van der Waals surface area contributed by atoms with Crippen LogP contribution in [0.25, 0.3) is 22.3 Å². The highest BCUT2D eigenvalue weighted by atomic mass is 16.4. The molecule has 0 fully saturated rings. The molecule has 1 aromatic carbocycles. The third-order valence-electron chi connectivity index (χ3n) is 4.18. The molecule has 2 N–H and O–H groups in total. The van der Waals surface area contributed by atoms with Gasteiger partial charge in [0.2, 0.25) is 0 Å². The summed E-state index contributed by atoms with van der Waals surface area (Å²) in [7, 11) is 0. The van der Waals surface area contributed by atoms with Gasteiger partial charge >= 0.3 is 5.97 Å². The van der Waals surface area contributed by atoms with Crippen LogP contribution in [0.4, 0.5) is 0 Å². The quantitative estimate of drug-likeness (QED) is 0.548. The lowest BCUT2D eigenvalue weighted by Gasteiger charge is -2.11. The van der Waals surface area contributed by atoms with E-state index in [2.05, 4.69) is 25.1 Å². The van der Waals surface area contributed by atoms with Crippen LogP contribution in [0.5, 0.6) is 0 Å². The summed E-state index contributed by atoms with van der Waals surface area (Å²) >= 11 is 0. The fourth-order valence-corrected chi connectivity index (χ4v) is 3.02. The van der Waals surface area contributed by atoms with Crippen molar-refractivity contribution in [3.05, 3.63) is 48.9 Å². The lowest BCUT2D eigenvalue weighted by Crippen LogP contribution is -2.17. The van der Waals surface area contributed by atoms with Gasteiger partial charge in [-0.25, -0.2) is 14.6 Å². The van der Waals surface area contributed by atoms with Crippen LogP contribution >= 0.6 is 0 Å². The normalized spacial score (nSPS) is 12.5. The van der Waals surface area contributed by atoms with Crippen LogP contribution in [0.1, 0.15) is 18.7 Å². The van der Waals surface area contributed by atoms with E-state index < -0.39 is 5.97 Å². The number of para-hydroxylation sites is 1. The minimum Gasteiger partial charge on any atom is -0.480 e. The standard InChI is InChI=1S/C17H17N7O2/c1-11(7-23-10-18-9-20-23)17-21-16(22-24(17)8-15(25)26)13-6-19-14-5-3-2-4-12(13)14/h2-6,9-11,19H,7-8H2,1H3,(H,25,26)/t11-/m1/s1. The van der Waals surface area contributed by atoms with Gasteiger partial charge in [0.05, 0.1) is 6.54 Å². The van der Waals surface area contributed by atoms with Crippen molar-refractivity contribution in [2.24, 2.45) is 0 Å². The van der Waals surface area contributed by atoms with Crippen LogP contribution in [-0.2, 0) is 17.9 Å². The van der Waals surface area contributed by atoms with E-state index in [1.165, 1.54) is 11.0 Å². The molecule has 9 nitrogen and oxygen atoms in total. The van der Waals surface area contributed by atoms with Gasteiger partial charge in [0.15, 0.2) is 5.82 Å². The molecule has 0 saturated heterocycles. The maximum absolute atomic E-state index is 11.2. The van der Waals surface area contributed by atoms with Gasteiger partial charge in [-0.2, -0.15) is 10.2 Å². The van der Waals surface area contributed by atoms with Crippen LogP contribution in [0.15, 0.2) is 43.1 Å². The third-order valence-corrected chi connectivity index (χ3v) is 4.18. The first-order valence-corrected chi connectivity index (χ1v) is 8.17. The molecule has 0 bridgehead atoms. The topological polar surface area (TPSA) is 115 Å². The number of hydrogen-bond acceptors (Lipinski definition) is 5. The fraction of sp³-hybridized carbons (Fsp3) is 0.235. The Kier molecular flexibility index (Phi) is 3.96. The molecule has 26 heavy (non-hydrogen) atoms. The number of carboxylic acids is 1. The van der Waals surface area contributed by atoms with Crippen LogP contribution < -0.4 is 0 Å². The van der Waals surface area contributed by atoms with Gasteiger partial charge in [0.1, 0.15) is 25.0 Å². The zero-order chi connectivity index (χ0) is 18.1. The van der Waals surface area contributed by atoms with E-state index in [4.69, 9.17) is 0 Å². The number of carboxylic acid groups (broad SMARTS) is 1. The van der Waals surface area contributed by atoms with E-state index in [0.29, 0.717) is 18.2 Å². The van der Waals surface area contributed by atoms with Crippen molar-refractivity contribution in [1.29, 1.82) is 0 Å². The summed E-state index contributed by atoms with van der Waals surface area (Å²) in [4.78, 5) is 23.0. The number of hydrogen-bond donors (Lipinski definition) is 2. The van der Waals surface area contributed by atoms with E-state index in [-0.39, 0.29) is 12.5 Å². The Balaban J connectivity index is 1.74. The molecule has 132 valence electrons. The minimum atomic E-state index is -0.963. The van der Waals surface area contributed by atoms with Crippen LogP contribution in [-0.4, -0.2) is 45.6 Å². The smallest absolute Gasteiger partial charge is 0.325 e. The molecule has 9 heteroatoms. The van der Waals surface area contributed by atoms with E-state index >= 15 is 0 Å². The number of carbonyl (C=O) groups is 1. The molecule has 0 radical (unpaired) electrons. The second-order valence-corrected chi connectivity index (χ2v) is 6.11. The highest BCUT2D eigenvalue weighted by Crippen LogP contribution is 2.27. The number of nitrogens with zero attached hydrogens (tertiary/aromatic N) is 6. The maximum Gasteiger partial charge on any atom is 0.325 e. The number of benzene rings is 1. The molecule has 0 aliphatic rings. The average Bonchev–Trinajstić information content (AvgIpc) is 3.33. The summed E-state index contributed by atoms with van der Waals surface area (Å²) in [6.45, 7) is 2.25. The number of nitrogens with one attached hydrogen (secondary N) is 1. The molecule has 1 atom stereocenters. The monoisotopic (exact) mass is 351 g/mol. The molecule has 3 aromatic heterocycles. The lowest BCUT2D eigenvalue weighted by atomic mass is 10.1. The highest BCUT2D eigenvalue weighted by Gasteiger charge is 2.21. The number of aromatic nitrogens is 7. The number of aliphatic carboxylic acids is 1. The number of aromatic amines is 1. The zero-order valence-corrected chi connectivity index (χ0v) is 14.1. The highest BCUT2D eigenvalue weighted by molar-refractivity contribution is 5.93. The molecular formula is C17H17N7O2. The first-order chi connectivity index (χ1) is 12.6. The molecule has 3 heterocycles. The molecule has 0 saturated carbocycles. The molecule has 0 aliphatic heterocycles. The number of fused-ring (bicyclic) bond motifs is 1. The molecule has 4 rings (SSSR count). The summed E-state index contributed by atoms with van der Waals surface area (Å²) in [5, 5.41) is 18.8. The second kappa shape index (κ2) is 6.43. The Morgan fingerprint density at radius 1 is 1.35 bits per heavy atom. The molecule has 0 amide bonds. The van der Waals surface area contributed by atoms with Gasteiger partial charge in [0, 0.05) is 28.6 Å². The Hall–Kier alpha value is -3.49. The predicted molar refractivity (Wildman–Crippen MR) is 93.4 cm³/mol. The van der Waals surface area contributed by atoms with Crippen molar-refractivity contribution >= 4 is 16.9 Å². The van der Waals surface area contributed by atoms with Gasteiger partial charge in [-0.05, 0) is 6.07 Å². The third kappa shape index (κ3) is 2.94. The van der Waals surface area contributed by atoms with Crippen molar-refractivity contribution in [1.82, 2.24) is 34.5 Å². The van der Waals surface area contributed by atoms with Crippen LogP contribution in [0.2, 0.25) is 0 Å². The summed E-state index contributed by atoms with van der Waals surface area (Å²) in [5.41, 5.74) is 1.83. The summed E-state index contributed by atoms with van der Waals surface area (Å²) < 4.78 is 3.14. The van der Waals surface area contributed by atoms with Crippen molar-refractivity contribution in [2.45, 2.75) is 25.9 Å². The predicted octanol–water partition coefficient (Wildman–Crippen LogP) is 1.91. The molecular weight excluding hydrogens is 334 g/mol. The molecule has 4 aromatic rings. The van der Waals surface area contributed by atoms with Gasteiger partial charge < -0.3 is 10.1 Å². The average molecular weight is 351 g/mol. The molecule has 0 spiro atoms. The SMILES string of the molecule is C[C@H](Cn1cncn1)c1nc(-c2c[nH]c3ccccc23)nn1CC(=O)O. The van der Waals surface area contributed by atoms with Crippen molar-refractivity contribution < 1.29 is 9.90 Å². The van der Waals surface area contributed by atoms with Crippen molar-refractivity contribution in [2.75, 3.05) is 0 Å². The first kappa shape index (κ1) is 16.0. The minimum absolute atomic E-state index is 0.0810. The van der Waals surface area contributed by atoms with E-state index in [0.717, 1.165) is 16.5 Å². The van der Waals surface area contributed by atoms with Gasteiger partial charge in [-0.1, -0.05) is 25.1 Å². The van der Waals surface area contributed by atoms with Gasteiger partial charge in [-0.15, -0.1) is 0 Å². The van der Waals surface area contributed by atoms with Gasteiger partial charge in [-0.3, -0.25) is 9.48 Å². The fourth-order valence-electron chi connectivity index (χ4n) is 3.02. The Labute approximate surface area is 148 Å². The van der Waals surface area contributed by atoms with Crippen molar-refractivity contribution in [3.8, 4) is 11.4 Å². The Morgan fingerprint density at radius 3 is 2.96 bits per heavy atom. The summed E-state index contributed by atoms with van der Waals surface area (Å²) in [6.07, 6.45) is 4.93. The first-order valence-electron chi connectivity index (χ1n) is 8.17. The maximum atomic E-state index is 11.2. The summed E-state index contributed by atoms with van der Waals surface area (Å²) in [5.74, 6) is 0.0596. The van der Waals surface area contributed by atoms with E-state index in [1.807, 2.05) is 37.4 Å². The van der Waals surface area contributed by atoms with Crippen molar-refractivity contribution in [3.63, 3.8) is 0 Å². The molecule has 0 unspecified atom stereocenters. The summed E-state index contributed by atoms with van der Waals surface area (Å²) in [6, 6.07) is 7.85. The Bertz CT molecular complexity index is 1050. The number of H-pyrrole nitrogens is 1. The van der Waals surface area contributed by atoms with Crippen LogP contribution in [0.3, 0.4) is 0 Å². The van der Waals surface area contributed by atoms with E-state index in [9.17, 15) is 9.90 Å².